The standard InChI is InChI=1S/C8H8N4O2/c1-2-14-8(13)6-3-4-7-10-9-5-12(7)11-6/h3-5H,2H2,1H3. The van der Waals surface area contributed by atoms with Gasteiger partial charge in [-0.3, -0.25) is 0 Å². The molecule has 2 heterocycles. The first-order valence-corrected chi connectivity index (χ1v) is 4.15. The van der Waals surface area contributed by atoms with E-state index in [-0.39, 0.29) is 5.69 Å². The van der Waals surface area contributed by atoms with Crippen LogP contribution in [0, 0.1) is 0 Å². The molecule has 0 unspecified atom stereocenters. The summed E-state index contributed by atoms with van der Waals surface area (Å²) in [5, 5.41) is 11.4. The van der Waals surface area contributed by atoms with E-state index in [4.69, 9.17) is 4.74 Å². The minimum Gasteiger partial charge on any atom is -0.461 e. The lowest BCUT2D eigenvalue weighted by molar-refractivity contribution is 0.0517. The van der Waals surface area contributed by atoms with Crippen LogP contribution in [0.2, 0.25) is 0 Å². The highest BCUT2D eigenvalue weighted by molar-refractivity contribution is 5.87. The third kappa shape index (κ3) is 1.41. The van der Waals surface area contributed by atoms with Gasteiger partial charge in [0.1, 0.15) is 6.33 Å². The number of fused-ring (bicyclic) bond motifs is 1. The van der Waals surface area contributed by atoms with Crippen LogP contribution in [0.15, 0.2) is 18.5 Å². The van der Waals surface area contributed by atoms with Gasteiger partial charge in [0.2, 0.25) is 0 Å². The minimum absolute atomic E-state index is 0.249. The smallest absolute Gasteiger partial charge is 0.358 e. The Hall–Kier alpha value is -1.98. The molecule has 0 amide bonds. The first-order chi connectivity index (χ1) is 6.81. The van der Waals surface area contributed by atoms with Crippen molar-refractivity contribution < 1.29 is 9.53 Å². The number of aromatic nitrogens is 4. The molecule has 6 nitrogen and oxygen atoms in total. The molecule has 14 heavy (non-hydrogen) atoms. The number of hydrogen-bond acceptors (Lipinski definition) is 5. The van der Waals surface area contributed by atoms with Gasteiger partial charge in [-0.1, -0.05) is 0 Å². The Morgan fingerprint density at radius 3 is 3.21 bits per heavy atom. The van der Waals surface area contributed by atoms with E-state index in [2.05, 4.69) is 15.3 Å². The average Bonchev–Trinajstić information content (AvgIpc) is 2.64. The van der Waals surface area contributed by atoms with Crippen LogP contribution in [0.25, 0.3) is 5.65 Å². The minimum atomic E-state index is -0.442. The van der Waals surface area contributed by atoms with Crippen molar-refractivity contribution in [1.29, 1.82) is 0 Å². The highest BCUT2D eigenvalue weighted by Gasteiger charge is 2.09. The van der Waals surface area contributed by atoms with Crippen LogP contribution in [0.3, 0.4) is 0 Å². The molecule has 6 heteroatoms. The molecular formula is C8H8N4O2. The second-order valence-corrected chi connectivity index (χ2v) is 2.57. The predicted octanol–water partition coefficient (Wildman–Crippen LogP) is 0.301. The molecule has 0 bridgehead atoms. The van der Waals surface area contributed by atoms with Crippen LogP contribution in [-0.2, 0) is 4.74 Å². The summed E-state index contributed by atoms with van der Waals surface area (Å²) < 4.78 is 6.22. The molecule has 0 fully saturated rings. The largest absolute Gasteiger partial charge is 0.461 e. The van der Waals surface area contributed by atoms with Gasteiger partial charge < -0.3 is 4.74 Å². The Morgan fingerprint density at radius 1 is 1.57 bits per heavy atom. The second kappa shape index (κ2) is 3.41. The third-order valence-electron chi connectivity index (χ3n) is 1.65. The van der Waals surface area contributed by atoms with Gasteiger partial charge in [0.15, 0.2) is 11.3 Å². The van der Waals surface area contributed by atoms with E-state index in [9.17, 15) is 4.79 Å². The molecule has 72 valence electrons. The molecule has 0 aromatic carbocycles. The van der Waals surface area contributed by atoms with Gasteiger partial charge in [-0.2, -0.15) is 9.61 Å². The molecule has 0 spiro atoms. The molecule has 2 rings (SSSR count). The van der Waals surface area contributed by atoms with Crippen molar-refractivity contribution in [3.63, 3.8) is 0 Å². The first-order valence-electron chi connectivity index (χ1n) is 4.15. The van der Waals surface area contributed by atoms with Crippen LogP contribution in [0.1, 0.15) is 17.4 Å². The first kappa shape index (κ1) is 8.61. The van der Waals surface area contributed by atoms with Crippen molar-refractivity contribution in [3.8, 4) is 0 Å². The van der Waals surface area contributed by atoms with Gasteiger partial charge in [0.05, 0.1) is 6.61 Å². The second-order valence-electron chi connectivity index (χ2n) is 2.57. The zero-order chi connectivity index (χ0) is 9.97. The number of ether oxygens (including phenoxy) is 1. The van der Waals surface area contributed by atoms with E-state index in [0.29, 0.717) is 12.3 Å². The maximum absolute atomic E-state index is 11.3. The summed E-state index contributed by atoms with van der Waals surface area (Å²) >= 11 is 0. The Labute approximate surface area is 79.5 Å². The number of carbonyl (C=O) groups excluding carboxylic acids is 1. The quantitative estimate of drug-likeness (QED) is 0.640. The van der Waals surface area contributed by atoms with Crippen LogP contribution in [-0.4, -0.2) is 32.4 Å². The van der Waals surface area contributed by atoms with Crippen LogP contribution in [0.5, 0.6) is 0 Å². The number of nitrogens with zero attached hydrogens (tertiary/aromatic N) is 4. The summed E-state index contributed by atoms with van der Waals surface area (Å²) in [4.78, 5) is 11.3. The van der Waals surface area contributed by atoms with E-state index < -0.39 is 5.97 Å². The van der Waals surface area contributed by atoms with E-state index in [1.807, 2.05) is 0 Å². The molecule has 2 aromatic heterocycles. The number of esters is 1. The van der Waals surface area contributed by atoms with E-state index in [0.717, 1.165) is 0 Å². The summed E-state index contributed by atoms with van der Waals surface area (Å²) in [6, 6.07) is 3.22. The Kier molecular flexibility index (Phi) is 2.10. The van der Waals surface area contributed by atoms with E-state index in [1.54, 1.807) is 19.1 Å². The number of rotatable bonds is 2. The Morgan fingerprint density at radius 2 is 2.43 bits per heavy atom. The fourth-order valence-electron chi connectivity index (χ4n) is 1.04. The fraction of sp³-hybridized carbons (Fsp3) is 0.250. The zero-order valence-corrected chi connectivity index (χ0v) is 7.54. The summed E-state index contributed by atoms with van der Waals surface area (Å²) in [7, 11) is 0. The monoisotopic (exact) mass is 192 g/mol. The molecule has 2 aromatic rings. The Bertz CT molecular complexity index is 465. The van der Waals surface area contributed by atoms with E-state index >= 15 is 0 Å². The SMILES string of the molecule is CCOC(=O)c1ccc2nncn2n1. The van der Waals surface area contributed by atoms with Gasteiger partial charge in [-0.05, 0) is 19.1 Å². The van der Waals surface area contributed by atoms with Gasteiger partial charge in [0, 0.05) is 0 Å². The summed E-state index contributed by atoms with van der Waals surface area (Å²) in [5.74, 6) is -0.442. The topological polar surface area (TPSA) is 69.4 Å². The van der Waals surface area contributed by atoms with Crippen LogP contribution >= 0.6 is 0 Å². The lowest BCUT2D eigenvalue weighted by atomic mass is 10.4. The molecular weight excluding hydrogens is 184 g/mol. The maximum atomic E-state index is 11.3. The lowest BCUT2D eigenvalue weighted by Gasteiger charge is -1.99. The van der Waals surface area contributed by atoms with Crippen molar-refractivity contribution in [2.45, 2.75) is 6.92 Å². The average molecular weight is 192 g/mol. The summed E-state index contributed by atoms with van der Waals surface area (Å²) in [6.45, 7) is 2.08. The highest BCUT2D eigenvalue weighted by Crippen LogP contribution is 2.00. The van der Waals surface area contributed by atoms with Crippen molar-refractivity contribution in [2.24, 2.45) is 0 Å². The van der Waals surface area contributed by atoms with Gasteiger partial charge in [0.25, 0.3) is 0 Å². The summed E-state index contributed by atoms with van der Waals surface area (Å²) in [6.07, 6.45) is 1.43. The van der Waals surface area contributed by atoms with Gasteiger partial charge in [-0.15, -0.1) is 10.2 Å². The molecule has 0 atom stereocenters. The zero-order valence-electron chi connectivity index (χ0n) is 7.54. The molecule has 0 aliphatic rings. The lowest BCUT2D eigenvalue weighted by Crippen LogP contribution is -2.09. The number of hydrogen-bond donors (Lipinski definition) is 0. The van der Waals surface area contributed by atoms with Crippen molar-refractivity contribution >= 4 is 11.6 Å². The predicted molar refractivity (Wildman–Crippen MR) is 46.7 cm³/mol. The molecule has 0 aliphatic heterocycles. The van der Waals surface area contributed by atoms with Crippen molar-refractivity contribution in [2.75, 3.05) is 6.61 Å². The fourth-order valence-corrected chi connectivity index (χ4v) is 1.04. The molecule has 0 saturated carbocycles. The van der Waals surface area contributed by atoms with Crippen LogP contribution < -0.4 is 0 Å². The summed E-state index contributed by atoms with van der Waals surface area (Å²) in [5.41, 5.74) is 0.845. The van der Waals surface area contributed by atoms with Gasteiger partial charge in [-0.25, -0.2) is 4.79 Å². The van der Waals surface area contributed by atoms with Crippen molar-refractivity contribution in [3.05, 3.63) is 24.2 Å². The normalized spacial score (nSPS) is 10.4. The number of carbonyl (C=O) groups is 1. The Balaban J connectivity index is 2.38. The van der Waals surface area contributed by atoms with E-state index in [1.165, 1.54) is 10.8 Å². The van der Waals surface area contributed by atoms with Crippen LogP contribution in [0.4, 0.5) is 0 Å². The molecule has 0 saturated heterocycles. The molecule has 0 radical (unpaired) electrons. The van der Waals surface area contributed by atoms with Crippen molar-refractivity contribution in [1.82, 2.24) is 19.8 Å². The highest BCUT2D eigenvalue weighted by atomic mass is 16.5. The third-order valence-corrected chi connectivity index (χ3v) is 1.65. The maximum Gasteiger partial charge on any atom is 0.358 e. The van der Waals surface area contributed by atoms with Gasteiger partial charge >= 0.3 is 5.97 Å². The molecule has 0 N–H and O–H groups in total. The molecule has 0 aliphatic carbocycles.